The Labute approximate surface area is 126 Å². The molecule has 0 radical (unpaired) electrons. The van der Waals surface area contributed by atoms with Gasteiger partial charge in [-0.2, -0.15) is 5.10 Å². The maximum absolute atomic E-state index is 10.3. The largest absolute Gasteiger partial charge is 0.546 e. The molecule has 0 bridgehead atoms. The Morgan fingerprint density at radius 1 is 1.24 bits per heavy atom. The number of carboxylic acid groups (broad SMARTS) is 1. The Bertz CT molecular complexity index is 642. The van der Waals surface area contributed by atoms with Crippen LogP contribution in [0.4, 0.5) is 5.69 Å². The second kappa shape index (κ2) is 7.31. The Balaban J connectivity index is 1.92. The topological polar surface area (TPSA) is 73.8 Å². The van der Waals surface area contributed by atoms with Gasteiger partial charge in [0.15, 0.2) is 0 Å². The van der Waals surface area contributed by atoms with Crippen LogP contribution in [0.1, 0.15) is 5.56 Å². The van der Waals surface area contributed by atoms with E-state index >= 15 is 0 Å². The average Bonchev–Trinajstić information content (AvgIpc) is 2.48. The lowest BCUT2D eigenvalue weighted by molar-refractivity contribution is -0.307. The summed E-state index contributed by atoms with van der Waals surface area (Å²) in [6.07, 6.45) is 1.62. The van der Waals surface area contributed by atoms with E-state index in [1.54, 1.807) is 36.5 Å². The number of carbonyl (C=O) groups is 1. The van der Waals surface area contributed by atoms with Gasteiger partial charge in [0, 0.05) is 0 Å². The van der Waals surface area contributed by atoms with Crippen molar-refractivity contribution in [2.45, 2.75) is 0 Å². The minimum absolute atomic E-state index is 0.454. The lowest BCUT2D eigenvalue weighted by atomic mass is 10.2. The zero-order valence-electron chi connectivity index (χ0n) is 11.0. The van der Waals surface area contributed by atoms with Crippen LogP contribution in [0.15, 0.2) is 53.6 Å². The summed E-state index contributed by atoms with van der Waals surface area (Å²) in [5, 5.41) is 14.9. The van der Waals surface area contributed by atoms with Gasteiger partial charge in [-0.25, -0.2) is 0 Å². The number of carbonyl (C=O) groups excluding carboxylic acids is 1. The zero-order valence-corrected chi connectivity index (χ0v) is 11.7. The number of ether oxygens (including phenoxy) is 1. The molecular formula is C15H12ClN2O3-. The van der Waals surface area contributed by atoms with E-state index in [2.05, 4.69) is 10.5 Å². The summed E-state index contributed by atoms with van der Waals surface area (Å²) in [7, 11) is 0. The predicted molar refractivity (Wildman–Crippen MR) is 79.6 cm³/mol. The number of benzene rings is 2. The standard InChI is InChI=1S/C15H13ClN2O3/c16-13-3-1-2-4-14(13)18-17-9-11-5-7-12(8-6-11)21-10-15(19)20/h1-9,18H,10H2,(H,19,20)/p-1/b17-9-. The number of halogens is 1. The van der Waals surface area contributed by atoms with Crippen molar-refractivity contribution in [3.8, 4) is 5.75 Å². The molecule has 0 heterocycles. The van der Waals surface area contributed by atoms with Gasteiger partial charge in [-0.05, 0) is 42.0 Å². The van der Waals surface area contributed by atoms with Gasteiger partial charge < -0.3 is 14.6 Å². The molecule has 0 spiro atoms. The quantitative estimate of drug-likeness (QED) is 0.653. The Hall–Kier alpha value is -2.53. The molecule has 0 saturated carbocycles. The summed E-state index contributed by atoms with van der Waals surface area (Å²) >= 11 is 5.98. The van der Waals surface area contributed by atoms with E-state index in [1.165, 1.54) is 0 Å². The fraction of sp³-hybridized carbons (Fsp3) is 0.0667. The van der Waals surface area contributed by atoms with Crippen LogP contribution in [0.25, 0.3) is 0 Å². The third kappa shape index (κ3) is 4.81. The first-order valence-electron chi connectivity index (χ1n) is 6.11. The summed E-state index contributed by atoms with van der Waals surface area (Å²) < 4.78 is 4.97. The van der Waals surface area contributed by atoms with Crippen molar-refractivity contribution < 1.29 is 14.6 Å². The monoisotopic (exact) mass is 303 g/mol. The molecule has 2 rings (SSSR count). The third-order valence-electron chi connectivity index (χ3n) is 2.51. The van der Waals surface area contributed by atoms with Crippen molar-refractivity contribution in [3.63, 3.8) is 0 Å². The third-order valence-corrected chi connectivity index (χ3v) is 2.84. The van der Waals surface area contributed by atoms with Crippen LogP contribution in [0.3, 0.4) is 0 Å². The Kier molecular flexibility index (Phi) is 5.17. The first-order chi connectivity index (χ1) is 10.1. The molecule has 0 aliphatic carbocycles. The van der Waals surface area contributed by atoms with E-state index in [1.807, 2.05) is 18.2 Å². The van der Waals surface area contributed by atoms with Crippen LogP contribution in [0.2, 0.25) is 5.02 Å². The highest BCUT2D eigenvalue weighted by molar-refractivity contribution is 6.33. The van der Waals surface area contributed by atoms with Gasteiger partial charge in [-0.15, -0.1) is 0 Å². The van der Waals surface area contributed by atoms with Gasteiger partial charge >= 0.3 is 0 Å². The molecule has 0 atom stereocenters. The molecule has 0 amide bonds. The van der Waals surface area contributed by atoms with E-state index in [0.29, 0.717) is 16.5 Å². The number of carboxylic acids is 1. The fourth-order valence-corrected chi connectivity index (χ4v) is 1.70. The minimum Gasteiger partial charge on any atom is -0.546 e. The highest BCUT2D eigenvalue weighted by Crippen LogP contribution is 2.20. The van der Waals surface area contributed by atoms with Crippen LogP contribution in [-0.2, 0) is 4.79 Å². The summed E-state index contributed by atoms with van der Waals surface area (Å²) in [6.45, 7) is -0.471. The number of hydrogen-bond donors (Lipinski definition) is 1. The second-order valence-corrected chi connectivity index (χ2v) is 4.49. The van der Waals surface area contributed by atoms with Crippen molar-refractivity contribution >= 4 is 29.5 Å². The van der Waals surface area contributed by atoms with Crippen LogP contribution in [-0.4, -0.2) is 18.8 Å². The predicted octanol–water partition coefficient (Wildman–Crippen LogP) is 1.91. The second-order valence-electron chi connectivity index (χ2n) is 4.08. The molecule has 0 aromatic heterocycles. The maximum Gasteiger partial charge on any atom is 0.128 e. The number of rotatable bonds is 6. The van der Waals surface area contributed by atoms with Crippen LogP contribution < -0.4 is 15.3 Å². The molecule has 21 heavy (non-hydrogen) atoms. The molecular weight excluding hydrogens is 292 g/mol. The smallest absolute Gasteiger partial charge is 0.128 e. The molecule has 0 aliphatic heterocycles. The minimum atomic E-state index is -1.26. The van der Waals surface area contributed by atoms with Crippen molar-refractivity contribution in [2.75, 3.05) is 12.0 Å². The van der Waals surface area contributed by atoms with Crippen molar-refractivity contribution in [1.82, 2.24) is 0 Å². The highest BCUT2D eigenvalue weighted by atomic mass is 35.5. The Morgan fingerprint density at radius 2 is 1.95 bits per heavy atom. The lowest BCUT2D eigenvalue weighted by Crippen LogP contribution is -2.28. The first-order valence-corrected chi connectivity index (χ1v) is 6.49. The van der Waals surface area contributed by atoms with Gasteiger partial charge in [0.05, 0.1) is 22.9 Å². The van der Waals surface area contributed by atoms with Gasteiger partial charge in [0.25, 0.3) is 0 Å². The van der Waals surface area contributed by atoms with Crippen LogP contribution in [0, 0.1) is 0 Å². The van der Waals surface area contributed by atoms with Crippen molar-refractivity contribution in [2.24, 2.45) is 5.10 Å². The highest BCUT2D eigenvalue weighted by Gasteiger charge is 1.96. The maximum atomic E-state index is 10.3. The molecule has 0 saturated heterocycles. The van der Waals surface area contributed by atoms with Gasteiger partial charge in [-0.1, -0.05) is 23.7 Å². The van der Waals surface area contributed by atoms with E-state index in [-0.39, 0.29) is 0 Å². The number of hydrazone groups is 1. The number of para-hydroxylation sites is 1. The van der Waals surface area contributed by atoms with E-state index < -0.39 is 12.6 Å². The number of hydrogen-bond acceptors (Lipinski definition) is 5. The number of anilines is 1. The SMILES string of the molecule is O=C([O-])COc1ccc(/C=N\Nc2ccccc2Cl)cc1. The molecule has 2 aromatic carbocycles. The molecule has 0 aliphatic rings. The average molecular weight is 304 g/mol. The van der Waals surface area contributed by atoms with Gasteiger partial charge in [0.2, 0.25) is 0 Å². The number of aliphatic carboxylic acids is 1. The van der Waals surface area contributed by atoms with E-state index in [4.69, 9.17) is 16.3 Å². The summed E-state index contributed by atoms with van der Waals surface area (Å²) in [6, 6.07) is 14.1. The number of nitrogens with zero attached hydrogens (tertiary/aromatic N) is 1. The molecule has 6 heteroatoms. The molecule has 5 nitrogen and oxygen atoms in total. The first kappa shape index (κ1) is 14.9. The van der Waals surface area contributed by atoms with Crippen LogP contribution >= 0.6 is 11.6 Å². The lowest BCUT2D eigenvalue weighted by Gasteiger charge is -2.06. The molecule has 1 N–H and O–H groups in total. The summed E-state index contributed by atoms with van der Waals surface area (Å²) in [5.41, 5.74) is 4.38. The van der Waals surface area contributed by atoms with Gasteiger partial charge in [-0.3, -0.25) is 5.43 Å². The Morgan fingerprint density at radius 3 is 2.62 bits per heavy atom. The number of nitrogens with one attached hydrogen (secondary N) is 1. The molecule has 0 fully saturated rings. The summed E-state index contributed by atoms with van der Waals surface area (Å²) in [4.78, 5) is 10.3. The van der Waals surface area contributed by atoms with E-state index in [0.717, 1.165) is 5.56 Å². The molecule has 2 aromatic rings. The summed E-state index contributed by atoms with van der Waals surface area (Å²) in [5.74, 6) is -0.806. The molecule has 108 valence electrons. The van der Waals surface area contributed by atoms with Crippen LogP contribution in [0.5, 0.6) is 5.75 Å². The van der Waals surface area contributed by atoms with Gasteiger partial charge in [0.1, 0.15) is 12.4 Å². The zero-order chi connectivity index (χ0) is 15.1. The molecule has 0 unspecified atom stereocenters. The van der Waals surface area contributed by atoms with Crippen molar-refractivity contribution in [3.05, 3.63) is 59.1 Å². The normalized spacial score (nSPS) is 10.5. The van der Waals surface area contributed by atoms with E-state index in [9.17, 15) is 9.90 Å². The fourth-order valence-electron chi connectivity index (χ4n) is 1.52. The van der Waals surface area contributed by atoms with Crippen molar-refractivity contribution in [1.29, 1.82) is 0 Å².